The van der Waals surface area contributed by atoms with E-state index in [1.165, 1.54) is 18.4 Å². The first-order valence-electron chi connectivity index (χ1n) is 7.36. The van der Waals surface area contributed by atoms with Crippen LogP contribution in [0.3, 0.4) is 0 Å². The number of amides is 1. The summed E-state index contributed by atoms with van der Waals surface area (Å²) < 4.78 is 6.67. The van der Waals surface area contributed by atoms with Crippen molar-refractivity contribution in [3.8, 4) is 0 Å². The summed E-state index contributed by atoms with van der Waals surface area (Å²) in [5, 5.41) is 3.27. The fraction of sp³-hybridized carbons (Fsp3) is 0.235. The lowest BCUT2D eigenvalue weighted by atomic mass is 10.1. The molecule has 3 aromatic rings. The van der Waals surface area contributed by atoms with Crippen LogP contribution in [0.2, 0.25) is 0 Å². The Morgan fingerprint density at radius 1 is 1.25 bits per heavy atom. The summed E-state index contributed by atoms with van der Waals surface area (Å²) in [7, 11) is 1.32. The maximum absolute atomic E-state index is 12.5. The second-order valence-corrected chi connectivity index (χ2v) is 6.68. The zero-order valence-electron chi connectivity index (χ0n) is 13.8. The summed E-state index contributed by atoms with van der Waals surface area (Å²) in [6.45, 7) is 5.68. The van der Waals surface area contributed by atoms with Crippen LogP contribution in [0.5, 0.6) is 0 Å². The van der Waals surface area contributed by atoms with E-state index in [1.54, 1.807) is 6.20 Å². The van der Waals surface area contributed by atoms with Crippen LogP contribution in [-0.2, 0) is 4.74 Å². The molecule has 3 heterocycles. The zero-order chi connectivity index (χ0) is 17.4. The van der Waals surface area contributed by atoms with E-state index in [0.717, 1.165) is 16.1 Å². The van der Waals surface area contributed by atoms with Gasteiger partial charge in [-0.05, 0) is 38.5 Å². The smallest absolute Gasteiger partial charge is 0.341 e. The van der Waals surface area contributed by atoms with E-state index in [2.05, 4.69) is 10.3 Å². The molecule has 3 rings (SSSR count). The van der Waals surface area contributed by atoms with Crippen molar-refractivity contribution in [3.05, 3.63) is 51.8 Å². The Balaban J connectivity index is 1.96. The summed E-state index contributed by atoms with van der Waals surface area (Å²) in [5.41, 5.74) is 3.19. The number of carbonyl (C=O) groups is 2. The van der Waals surface area contributed by atoms with Crippen LogP contribution in [0.1, 0.15) is 37.0 Å². The molecule has 6 nitrogen and oxygen atoms in total. The number of ether oxygens (including phenoxy) is 1. The van der Waals surface area contributed by atoms with E-state index < -0.39 is 5.97 Å². The number of carbonyl (C=O) groups excluding carboxylic acids is 2. The maximum Gasteiger partial charge on any atom is 0.341 e. The lowest BCUT2D eigenvalue weighted by Crippen LogP contribution is -2.14. The molecule has 0 aliphatic heterocycles. The van der Waals surface area contributed by atoms with Crippen molar-refractivity contribution in [2.24, 2.45) is 0 Å². The van der Waals surface area contributed by atoms with Gasteiger partial charge in [0.2, 0.25) is 0 Å². The number of aryl methyl sites for hydroxylation is 2. The molecule has 3 aromatic heterocycles. The monoisotopic (exact) mass is 343 g/mol. The number of imidazole rings is 1. The van der Waals surface area contributed by atoms with Crippen LogP contribution in [0.15, 0.2) is 24.4 Å². The summed E-state index contributed by atoms with van der Waals surface area (Å²) in [6.07, 6.45) is 1.69. The third kappa shape index (κ3) is 2.67. The van der Waals surface area contributed by atoms with Crippen LogP contribution >= 0.6 is 11.3 Å². The minimum Gasteiger partial charge on any atom is -0.465 e. The van der Waals surface area contributed by atoms with Crippen molar-refractivity contribution in [1.82, 2.24) is 9.38 Å². The van der Waals surface area contributed by atoms with Gasteiger partial charge in [0.15, 0.2) is 0 Å². The first kappa shape index (κ1) is 16.2. The molecule has 0 aliphatic carbocycles. The van der Waals surface area contributed by atoms with Crippen LogP contribution in [0, 0.1) is 20.8 Å². The number of thiophene rings is 1. The topological polar surface area (TPSA) is 72.7 Å². The molecule has 0 atom stereocenters. The van der Waals surface area contributed by atoms with Crippen molar-refractivity contribution in [1.29, 1.82) is 0 Å². The van der Waals surface area contributed by atoms with E-state index in [-0.39, 0.29) is 5.91 Å². The molecule has 1 N–H and O–H groups in total. The predicted octanol–water partition coefficient (Wildman–Crippen LogP) is 3.36. The number of hydrogen-bond acceptors (Lipinski definition) is 5. The fourth-order valence-corrected chi connectivity index (χ4v) is 3.53. The second kappa shape index (κ2) is 6.09. The molecule has 1 amide bonds. The number of nitrogens with zero attached hydrogens (tertiary/aromatic N) is 2. The number of rotatable bonds is 3. The summed E-state index contributed by atoms with van der Waals surface area (Å²) in [6, 6.07) is 5.67. The maximum atomic E-state index is 12.5. The van der Waals surface area contributed by atoms with E-state index in [9.17, 15) is 9.59 Å². The van der Waals surface area contributed by atoms with Gasteiger partial charge in [-0.2, -0.15) is 0 Å². The Hall–Kier alpha value is -2.67. The van der Waals surface area contributed by atoms with Crippen molar-refractivity contribution < 1.29 is 14.3 Å². The molecular formula is C17H17N3O3S. The Labute approximate surface area is 143 Å². The number of pyridine rings is 1. The Bertz CT molecular complexity index is 956. The number of hydrogen-bond donors (Lipinski definition) is 1. The largest absolute Gasteiger partial charge is 0.465 e. The third-order valence-electron chi connectivity index (χ3n) is 3.93. The van der Waals surface area contributed by atoms with Gasteiger partial charge in [0.1, 0.15) is 16.3 Å². The van der Waals surface area contributed by atoms with Gasteiger partial charge in [0, 0.05) is 16.8 Å². The number of nitrogens with one attached hydrogen (secondary N) is 1. The number of esters is 1. The van der Waals surface area contributed by atoms with E-state index >= 15 is 0 Å². The highest BCUT2D eigenvalue weighted by Gasteiger charge is 2.22. The van der Waals surface area contributed by atoms with Crippen LogP contribution in [0.25, 0.3) is 5.65 Å². The zero-order valence-corrected chi connectivity index (χ0v) is 14.7. The van der Waals surface area contributed by atoms with Crippen LogP contribution in [0.4, 0.5) is 5.00 Å². The Morgan fingerprint density at radius 3 is 2.67 bits per heavy atom. The van der Waals surface area contributed by atoms with E-state index in [1.807, 2.05) is 43.4 Å². The normalized spacial score (nSPS) is 10.8. The average Bonchev–Trinajstić information content (AvgIpc) is 3.10. The van der Waals surface area contributed by atoms with E-state index in [0.29, 0.717) is 21.9 Å². The second-order valence-electron chi connectivity index (χ2n) is 5.45. The van der Waals surface area contributed by atoms with Crippen molar-refractivity contribution >= 4 is 33.9 Å². The molecule has 7 heteroatoms. The molecule has 0 radical (unpaired) electrons. The Morgan fingerprint density at radius 2 is 2.00 bits per heavy atom. The van der Waals surface area contributed by atoms with Gasteiger partial charge in [-0.15, -0.1) is 11.3 Å². The molecule has 0 aromatic carbocycles. The predicted molar refractivity (Wildman–Crippen MR) is 93.0 cm³/mol. The number of fused-ring (bicyclic) bond motifs is 1. The molecule has 0 fully saturated rings. The molecule has 0 aliphatic rings. The number of anilines is 1. The fourth-order valence-electron chi connectivity index (χ4n) is 2.49. The van der Waals surface area contributed by atoms with Crippen molar-refractivity contribution in [3.63, 3.8) is 0 Å². The molecule has 24 heavy (non-hydrogen) atoms. The lowest BCUT2D eigenvalue weighted by Gasteiger charge is -2.04. The molecule has 0 bridgehead atoms. The van der Waals surface area contributed by atoms with Gasteiger partial charge in [-0.3, -0.25) is 4.79 Å². The molecule has 0 saturated heterocycles. The van der Waals surface area contributed by atoms with Gasteiger partial charge >= 0.3 is 5.97 Å². The lowest BCUT2D eigenvalue weighted by molar-refractivity contribution is 0.0601. The van der Waals surface area contributed by atoms with Crippen LogP contribution in [-0.4, -0.2) is 28.4 Å². The standard InChI is InChI=1S/C17H17N3O3S/c1-9-6-5-7-13-18-12(8-20(9)13)15(21)19-16-14(17(22)23-4)10(2)11(3)24-16/h5-8H,1-4H3,(H,19,21). The minimum atomic E-state index is -0.460. The van der Waals surface area contributed by atoms with Gasteiger partial charge < -0.3 is 14.5 Å². The third-order valence-corrected chi connectivity index (χ3v) is 5.05. The van der Waals surface area contributed by atoms with Gasteiger partial charge in [-0.25, -0.2) is 9.78 Å². The summed E-state index contributed by atoms with van der Waals surface area (Å²) in [4.78, 5) is 29.8. The Kier molecular flexibility index (Phi) is 4.11. The molecule has 0 spiro atoms. The van der Waals surface area contributed by atoms with Gasteiger partial charge in [0.05, 0.1) is 12.7 Å². The summed E-state index contributed by atoms with van der Waals surface area (Å²) >= 11 is 1.35. The highest BCUT2D eigenvalue weighted by Crippen LogP contribution is 2.33. The van der Waals surface area contributed by atoms with Crippen molar-refractivity contribution in [2.75, 3.05) is 12.4 Å². The quantitative estimate of drug-likeness (QED) is 0.740. The number of aromatic nitrogens is 2. The SMILES string of the molecule is COC(=O)c1c(NC(=O)c2cn3c(C)cccc3n2)sc(C)c1C. The highest BCUT2D eigenvalue weighted by molar-refractivity contribution is 7.16. The summed E-state index contributed by atoms with van der Waals surface area (Å²) in [5.74, 6) is -0.817. The van der Waals surface area contributed by atoms with Gasteiger partial charge in [0.25, 0.3) is 5.91 Å². The average molecular weight is 343 g/mol. The first-order valence-corrected chi connectivity index (χ1v) is 8.18. The van der Waals surface area contributed by atoms with Gasteiger partial charge in [-0.1, -0.05) is 6.07 Å². The highest BCUT2D eigenvalue weighted by atomic mass is 32.1. The molecule has 0 unspecified atom stereocenters. The molecule has 124 valence electrons. The van der Waals surface area contributed by atoms with E-state index in [4.69, 9.17) is 4.74 Å². The molecular weight excluding hydrogens is 326 g/mol. The minimum absolute atomic E-state index is 0.295. The van der Waals surface area contributed by atoms with Crippen LogP contribution < -0.4 is 5.32 Å². The van der Waals surface area contributed by atoms with Crippen molar-refractivity contribution in [2.45, 2.75) is 20.8 Å². The molecule has 0 saturated carbocycles. The first-order chi connectivity index (χ1) is 11.4. The number of methoxy groups -OCH3 is 1.